The zero-order chi connectivity index (χ0) is 18.9. The molecule has 0 spiro atoms. The Morgan fingerprint density at radius 2 is 1.92 bits per heavy atom. The number of ether oxygens (including phenoxy) is 1. The van der Waals surface area contributed by atoms with Gasteiger partial charge in [0.25, 0.3) is 5.56 Å². The fourth-order valence-corrected chi connectivity index (χ4v) is 4.42. The molecule has 2 aromatic rings. The van der Waals surface area contributed by atoms with Crippen LogP contribution in [0.5, 0.6) is 0 Å². The Morgan fingerprint density at radius 3 is 2.62 bits per heavy atom. The summed E-state index contributed by atoms with van der Waals surface area (Å²) in [7, 11) is -1.46. The molecule has 140 valence electrons. The van der Waals surface area contributed by atoms with Crippen molar-refractivity contribution in [2.75, 3.05) is 13.2 Å². The van der Waals surface area contributed by atoms with Gasteiger partial charge in [0.2, 0.25) is 10.0 Å². The molecule has 3 heterocycles. The van der Waals surface area contributed by atoms with Crippen LogP contribution in [0.1, 0.15) is 5.56 Å². The van der Waals surface area contributed by atoms with Crippen LogP contribution >= 0.6 is 0 Å². The second kappa shape index (κ2) is 7.14. The molecule has 26 heavy (non-hydrogen) atoms. The van der Waals surface area contributed by atoms with Crippen molar-refractivity contribution < 1.29 is 13.2 Å². The molecule has 1 fully saturated rings. The van der Waals surface area contributed by atoms with E-state index in [-0.39, 0.29) is 12.5 Å². The van der Waals surface area contributed by atoms with Crippen LogP contribution in [0.2, 0.25) is 0 Å². The Kier molecular flexibility index (Phi) is 5.08. The van der Waals surface area contributed by atoms with E-state index in [4.69, 9.17) is 4.74 Å². The van der Waals surface area contributed by atoms with Gasteiger partial charge in [-0.2, -0.15) is 0 Å². The number of rotatable bonds is 5. The first-order valence-corrected chi connectivity index (χ1v) is 9.53. The molecule has 2 atom stereocenters. The monoisotopic (exact) mass is 380 g/mol. The van der Waals surface area contributed by atoms with Crippen LogP contribution in [0.3, 0.4) is 0 Å². The third-order valence-electron chi connectivity index (χ3n) is 4.46. The van der Waals surface area contributed by atoms with E-state index in [0.29, 0.717) is 13.0 Å². The number of aromatic nitrogens is 3. The smallest absolute Gasteiger partial charge is 0.330 e. The molecule has 10 heteroatoms. The van der Waals surface area contributed by atoms with Crippen molar-refractivity contribution >= 4 is 10.0 Å². The Labute approximate surface area is 150 Å². The van der Waals surface area contributed by atoms with Crippen molar-refractivity contribution in [3.8, 4) is 0 Å². The molecule has 0 aliphatic carbocycles. The summed E-state index contributed by atoms with van der Waals surface area (Å²) in [5.41, 5.74) is -0.420. The van der Waals surface area contributed by atoms with E-state index >= 15 is 0 Å². The summed E-state index contributed by atoms with van der Waals surface area (Å²) < 4.78 is 35.3. The standard InChI is InChI=1S/C16H20N4O5S/c1-19-8-14(15(21)20(2)16(19)22)26(23,24)18-13-10-25-9-12(13)7-11-3-5-17-6-4-11/h3-6,8,12-13,18H,7,9-10H2,1-2H3/t12-,13-/m1/s1. The summed E-state index contributed by atoms with van der Waals surface area (Å²) >= 11 is 0. The predicted octanol–water partition coefficient (Wildman–Crippen LogP) is -0.985. The lowest BCUT2D eigenvalue weighted by molar-refractivity contribution is 0.183. The Bertz CT molecular complexity index is 1010. The van der Waals surface area contributed by atoms with Crippen LogP contribution in [0, 0.1) is 5.92 Å². The van der Waals surface area contributed by atoms with Crippen molar-refractivity contribution in [3.05, 3.63) is 57.1 Å². The number of nitrogens with one attached hydrogen (secondary N) is 1. The van der Waals surface area contributed by atoms with Crippen LogP contribution < -0.4 is 16.0 Å². The third-order valence-corrected chi connectivity index (χ3v) is 5.93. The Morgan fingerprint density at radius 1 is 1.23 bits per heavy atom. The van der Waals surface area contributed by atoms with Gasteiger partial charge in [0, 0.05) is 38.6 Å². The molecule has 1 saturated heterocycles. The van der Waals surface area contributed by atoms with Gasteiger partial charge >= 0.3 is 5.69 Å². The van der Waals surface area contributed by atoms with Gasteiger partial charge in [-0.15, -0.1) is 0 Å². The molecular weight excluding hydrogens is 360 g/mol. The fourth-order valence-electron chi connectivity index (χ4n) is 2.97. The molecule has 1 aliphatic rings. The molecular formula is C16H20N4O5S. The maximum absolute atomic E-state index is 12.7. The van der Waals surface area contributed by atoms with E-state index in [0.717, 1.165) is 20.9 Å². The number of aryl methyl sites for hydroxylation is 1. The summed E-state index contributed by atoms with van der Waals surface area (Å²) in [5.74, 6) is -0.0661. The quantitative estimate of drug-likeness (QED) is 0.713. The van der Waals surface area contributed by atoms with Gasteiger partial charge in [0.1, 0.15) is 0 Å². The van der Waals surface area contributed by atoms with Crippen LogP contribution in [-0.4, -0.2) is 41.8 Å². The van der Waals surface area contributed by atoms with Crippen molar-refractivity contribution in [2.45, 2.75) is 17.4 Å². The molecule has 2 aromatic heterocycles. The zero-order valence-corrected chi connectivity index (χ0v) is 15.3. The van der Waals surface area contributed by atoms with Crippen molar-refractivity contribution in [3.63, 3.8) is 0 Å². The van der Waals surface area contributed by atoms with Crippen LogP contribution in [0.25, 0.3) is 0 Å². The first kappa shape index (κ1) is 18.5. The van der Waals surface area contributed by atoms with Gasteiger partial charge in [0.15, 0.2) is 4.90 Å². The summed E-state index contributed by atoms with van der Waals surface area (Å²) in [6.45, 7) is 0.641. The van der Waals surface area contributed by atoms with Gasteiger partial charge in [0.05, 0.1) is 19.3 Å². The first-order chi connectivity index (χ1) is 12.3. The maximum Gasteiger partial charge on any atom is 0.330 e. The Hall–Kier alpha value is -2.30. The molecule has 0 radical (unpaired) electrons. The van der Waals surface area contributed by atoms with Crippen molar-refractivity contribution in [1.29, 1.82) is 0 Å². The largest absolute Gasteiger partial charge is 0.379 e. The number of hydrogen-bond acceptors (Lipinski definition) is 6. The highest BCUT2D eigenvalue weighted by molar-refractivity contribution is 7.89. The summed E-state index contributed by atoms with van der Waals surface area (Å²) in [6.07, 6.45) is 5.03. The molecule has 3 rings (SSSR count). The topological polar surface area (TPSA) is 112 Å². The van der Waals surface area contributed by atoms with Crippen LogP contribution in [-0.2, 0) is 35.3 Å². The number of nitrogens with zero attached hydrogens (tertiary/aromatic N) is 3. The van der Waals surface area contributed by atoms with Gasteiger partial charge in [-0.25, -0.2) is 17.9 Å². The van der Waals surface area contributed by atoms with Gasteiger partial charge in [-0.05, 0) is 24.1 Å². The second-order valence-electron chi connectivity index (χ2n) is 6.34. The average Bonchev–Trinajstić information content (AvgIpc) is 3.03. The summed E-state index contributed by atoms with van der Waals surface area (Å²) in [4.78, 5) is 27.5. The van der Waals surface area contributed by atoms with Crippen LogP contribution in [0.4, 0.5) is 0 Å². The summed E-state index contributed by atoms with van der Waals surface area (Å²) in [5, 5.41) is 0. The predicted molar refractivity (Wildman–Crippen MR) is 93.3 cm³/mol. The summed E-state index contributed by atoms with van der Waals surface area (Å²) in [6, 6.07) is 3.27. The van der Waals surface area contributed by atoms with E-state index in [1.807, 2.05) is 12.1 Å². The molecule has 9 nitrogen and oxygen atoms in total. The van der Waals surface area contributed by atoms with E-state index < -0.39 is 32.2 Å². The number of sulfonamides is 1. The van der Waals surface area contributed by atoms with E-state index in [1.54, 1.807) is 12.4 Å². The minimum Gasteiger partial charge on any atom is -0.379 e. The van der Waals surface area contributed by atoms with Crippen molar-refractivity contribution in [1.82, 2.24) is 18.8 Å². The molecule has 1 aliphatic heterocycles. The lowest BCUT2D eigenvalue weighted by Crippen LogP contribution is -2.45. The SMILES string of the molecule is Cn1cc(S(=O)(=O)N[C@@H]2COC[C@H]2Cc2ccncc2)c(=O)n(C)c1=O. The molecule has 1 N–H and O–H groups in total. The molecule has 0 amide bonds. The maximum atomic E-state index is 12.7. The lowest BCUT2D eigenvalue weighted by Gasteiger charge is -2.19. The number of pyridine rings is 1. The third kappa shape index (κ3) is 3.62. The zero-order valence-electron chi connectivity index (χ0n) is 14.5. The molecule has 0 bridgehead atoms. The van der Waals surface area contributed by atoms with E-state index in [2.05, 4.69) is 9.71 Å². The minimum atomic E-state index is -4.10. The fraction of sp³-hybridized carbons (Fsp3) is 0.438. The lowest BCUT2D eigenvalue weighted by atomic mass is 9.96. The second-order valence-corrected chi connectivity index (χ2v) is 8.02. The normalized spacial score (nSPS) is 20.4. The highest BCUT2D eigenvalue weighted by atomic mass is 32.2. The molecule has 0 unspecified atom stereocenters. The highest BCUT2D eigenvalue weighted by Crippen LogP contribution is 2.20. The molecule has 0 saturated carbocycles. The van der Waals surface area contributed by atoms with E-state index in [1.165, 1.54) is 14.1 Å². The van der Waals surface area contributed by atoms with Crippen LogP contribution in [0.15, 0.2) is 45.2 Å². The van der Waals surface area contributed by atoms with Gasteiger partial charge in [-0.1, -0.05) is 0 Å². The average molecular weight is 380 g/mol. The Balaban J connectivity index is 1.85. The highest BCUT2D eigenvalue weighted by Gasteiger charge is 2.33. The van der Waals surface area contributed by atoms with Crippen molar-refractivity contribution in [2.24, 2.45) is 20.0 Å². The minimum absolute atomic E-state index is 0.0661. The van der Waals surface area contributed by atoms with E-state index in [9.17, 15) is 18.0 Å². The number of hydrogen-bond donors (Lipinski definition) is 1. The molecule has 0 aromatic carbocycles. The first-order valence-electron chi connectivity index (χ1n) is 8.05. The van der Waals surface area contributed by atoms with Gasteiger partial charge in [-0.3, -0.25) is 14.3 Å². The van der Waals surface area contributed by atoms with Gasteiger partial charge < -0.3 is 9.30 Å².